The predicted molar refractivity (Wildman–Crippen MR) is 68.5 cm³/mol. The maximum atomic E-state index is 5.96. The summed E-state index contributed by atoms with van der Waals surface area (Å²) in [5, 5.41) is 0.723. The third kappa shape index (κ3) is 3.33. The van der Waals surface area contributed by atoms with Crippen molar-refractivity contribution in [1.29, 1.82) is 0 Å². The van der Waals surface area contributed by atoms with Crippen LogP contribution in [0, 0.1) is 0 Å². The first kappa shape index (κ1) is 12.2. The molecular weight excluding hydrogens is 236 g/mol. The molecule has 3 nitrogen and oxygen atoms in total. The number of hydrogen-bond donors (Lipinski definition) is 2. The molecule has 0 saturated heterocycles. The summed E-state index contributed by atoms with van der Waals surface area (Å²) in [6.45, 7) is 0. The normalized spacial score (nSPS) is 12.6. The van der Waals surface area contributed by atoms with Gasteiger partial charge in [-0.25, -0.2) is 0 Å². The standard InChI is InChI=1S/C13H15ClN2O/c14-11-4-1-3-10(9-11)13(16-15)7-6-12-5-2-8-17-12/h1-5,8-9,13,16H,6-7,15H2. The van der Waals surface area contributed by atoms with Crippen molar-refractivity contribution < 1.29 is 4.42 Å². The van der Waals surface area contributed by atoms with Crippen LogP contribution in [0.1, 0.15) is 23.8 Å². The second-order valence-electron chi connectivity index (χ2n) is 3.89. The Hall–Kier alpha value is -1.29. The molecule has 2 aromatic rings. The highest BCUT2D eigenvalue weighted by Gasteiger charge is 2.10. The van der Waals surface area contributed by atoms with Crippen molar-refractivity contribution in [3.63, 3.8) is 0 Å². The average molecular weight is 251 g/mol. The summed E-state index contributed by atoms with van der Waals surface area (Å²) < 4.78 is 5.29. The smallest absolute Gasteiger partial charge is 0.103 e. The van der Waals surface area contributed by atoms with Crippen LogP contribution in [0.3, 0.4) is 0 Å². The lowest BCUT2D eigenvalue weighted by Crippen LogP contribution is -2.28. The summed E-state index contributed by atoms with van der Waals surface area (Å²) in [6, 6.07) is 11.6. The Labute approximate surface area is 106 Å². The number of halogens is 1. The number of hydrogen-bond acceptors (Lipinski definition) is 3. The van der Waals surface area contributed by atoms with Crippen LogP contribution in [0.5, 0.6) is 0 Å². The van der Waals surface area contributed by atoms with E-state index in [-0.39, 0.29) is 6.04 Å². The van der Waals surface area contributed by atoms with Crippen LogP contribution < -0.4 is 11.3 Å². The van der Waals surface area contributed by atoms with Crippen LogP contribution >= 0.6 is 11.6 Å². The van der Waals surface area contributed by atoms with Crippen molar-refractivity contribution in [3.05, 3.63) is 59.0 Å². The molecule has 0 aliphatic carbocycles. The van der Waals surface area contributed by atoms with Crippen LogP contribution in [-0.4, -0.2) is 0 Å². The summed E-state index contributed by atoms with van der Waals surface area (Å²) >= 11 is 5.96. The van der Waals surface area contributed by atoms with E-state index in [1.165, 1.54) is 0 Å². The van der Waals surface area contributed by atoms with Gasteiger partial charge in [-0.3, -0.25) is 11.3 Å². The number of nitrogens with two attached hydrogens (primary N) is 1. The highest BCUT2D eigenvalue weighted by Crippen LogP contribution is 2.21. The minimum Gasteiger partial charge on any atom is -0.469 e. The van der Waals surface area contributed by atoms with E-state index in [1.807, 2.05) is 36.4 Å². The zero-order valence-corrected chi connectivity index (χ0v) is 10.2. The number of benzene rings is 1. The van der Waals surface area contributed by atoms with E-state index in [1.54, 1.807) is 6.26 Å². The summed E-state index contributed by atoms with van der Waals surface area (Å²) in [4.78, 5) is 0. The quantitative estimate of drug-likeness (QED) is 0.633. The molecule has 0 aliphatic rings. The van der Waals surface area contributed by atoms with Crippen molar-refractivity contribution >= 4 is 11.6 Å². The fourth-order valence-electron chi connectivity index (χ4n) is 1.81. The van der Waals surface area contributed by atoms with E-state index < -0.39 is 0 Å². The maximum Gasteiger partial charge on any atom is 0.103 e. The number of hydrazine groups is 1. The first-order valence-corrected chi connectivity index (χ1v) is 5.91. The second-order valence-corrected chi connectivity index (χ2v) is 4.33. The SMILES string of the molecule is NNC(CCc1ccco1)c1cccc(Cl)c1. The molecule has 17 heavy (non-hydrogen) atoms. The van der Waals surface area contributed by atoms with Crippen LogP contribution in [-0.2, 0) is 6.42 Å². The first-order valence-electron chi connectivity index (χ1n) is 5.53. The van der Waals surface area contributed by atoms with Crippen LogP contribution in [0.25, 0.3) is 0 Å². The van der Waals surface area contributed by atoms with E-state index in [4.69, 9.17) is 21.9 Å². The van der Waals surface area contributed by atoms with Crippen LogP contribution in [0.4, 0.5) is 0 Å². The zero-order chi connectivity index (χ0) is 12.1. The van der Waals surface area contributed by atoms with Crippen LogP contribution in [0.2, 0.25) is 5.02 Å². The molecule has 1 heterocycles. The van der Waals surface area contributed by atoms with E-state index in [9.17, 15) is 0 Å². The predicted octanol–water partition coefficient (Wildman–Crippen LogP) is 3.07. The Morgan fingerprint density at radius 1 is 1.29 bits per heavy atom. The molecule has 0 bridgehead atoms. The third-order valence-corrected chi connectivity index (χ3v) is 2.95. The molecule has 0 aliphatic heterocycles. The van der Waals surface area contributed by atoms with Gasteiger partial charge in [-0.1, -0.05) is 23.7 Å². The van der Waals surface area contributed by atoms with Gasteiger partial charge in [0.25, 0.3) is 0 Å². The van der Waals surface area contributed by atoms with E-state index in [0.717, 1.165) is 29.2 Å². The fraction of sp³-hybridized carbons (Fsp3) is 0.231. The van der Waals surface area contributed by atoms with E-state index >= 15 is 0 Å². The average Bonchev–Trinajstić information content (AvgIpc) is 2.83. The van der Waals surface area contributed by atoms with Gasteiger partial charge in [-0.2, -0.15) is 0 Å². The summed E-state index contributed by atoms with van der Waals surface area (Å²) in [6.07, 6.45) is 3.39. The van der Waals surface area contributed by atoms with Gasteiger partial charge in [0.15, 0.2) is 0 Å². The highest BCUT2D eigenvalue weighted by molar-refractivity contribution is 6.30. The second kappa shape index (κ2) is 5.87. The summed E-state index contributed by atoms with van der Waals surface area (Å²) in [5.74, 6) is 6.54. The number of aryl methyl sites for hydroxylation is 1. The Balaban J connectivity index is 2.01. The highest BCUT2D eigenvalue weighted by atomic mass is 35.5. The molecule has 0 fully saturated rings. The molecule has 3 N–H and O–H groups in total. The monoisotopic (exact) mass is 250 g/mol. The van der Waals surface area contributed by atoms with Crippen molar-refractivity contribution in [2.24, 2.45) is 5.84 Å². The van der Waals surface area contributed by atoms with Gasteiger partial charge in [0.2, 0.25) is 0 Å². The molecule has 1 aromatic carbocycles. The van der Waals surface area contributed by atoms with Crippen molar-refractivity contribution in [2.75, 3.05) is 0 Å². The molecule has 0 spiro atoms. The minimum atomic E-state index is 0.0822. The fourth-order valence-corrected chi connectivity index (χ4v) is 2.01. The Morgan fingerprint density at radius 2 is 2.18 bits per heavy atom. The molecule has 0 amide bonds. The van der Waals surface area contributed by atoms with Crippen molar-refractivity contribution in [1.82, 2.24) is 5.43 Å². The van der Waals surface area contributed by atoms with Crippen molar-refractivity contribution in [3.8, 4) is 0 Å². The molecule has 0 radical (unpaired) electrons. The lowest BCUT2D eigenvalue weighted by atomic mass is 10.0. The maximum absolute atomic E-state index is 5.96. The molecule has 1 aromatic heterocycles. The van der Waals surface area contributed by atoms with Gasteiger partial charge >= 0.3 is 0 Å². The number of furan rings is 1. The van der Waals surface area contributed by atoms with Gasteiger partial charge in [0.05, 0.1) is 6.26 Å². The molecule has 90 valence electrons. The minimum absolute atomic E-state index is 0.0822. The molecule has 4 heteroatoms. The lowest BCUT2D eigenvalue weighted by Gasteiger charge is -2.15. The number of rotatable bonds is 5. The number of nitrogens with one attached hydrogen (secondary N) is 1. The molecule has 1 unspecified atom stereocenters. The van der Waals surface area contributed by atoms with Gasteiger partial charge in [0.1, 0.15) is 5.76 Å². The molecular formula is C13H15ClN2O. The summed E-state index contributed by atoms with van der Waals surface area (Å²) in [5.41, 5.74) is 3.90. The Bertz CT molecular complexity index is 456. The van der Waals surface area contributed by atoms with E-state index in [2.05, 4.69) is 5.43 Å². The van der Waals surface area contributed by atoms with Gasteiger partial charge in [0, 0.05) is 17.5 Å². The Kier molecular flexibility index (Phi) is 4.20. The zero-order valence-electron chi connectivity index (χ0n) is 9.40. The first-order chi connectivity index (χ1) is 8.29. The Morgan fingerprint density at radius 3 is 2.82 bits per heavy atom. The van der Waals surface area contributed by atoms with Gasteiger partial charge in [-0.05, 0) is 36.2 Å². The van der Waals surface area contributed by atoms with Crippen LogP contribution in [0.15, 0.2) is 47.1 Å². The van der Waals surface area contributed by atoms with Crippen molar-refractivity contribution in [2.45, 2.75) is 18.9 Å². The molecule has 0 saturated carbocycles. The largest absolute Gasteiger partial charge is 0.469 e. The topological polar surface area (TPSA) is 51.2 Å². The molecule has 2 rings (SSSR count). The molecule has 1 atom stereocenters. The van der Waals surface area contributed by atoms with Gasteiger partial charge in [-0.15, -0.1) is 0 Å². The van der Waals surface area contributed by atoms with Gasteiger partial charge < -0.3 is 4.42 Å². The van der Waals surface area contributed by atoms with E-state index in [0.29, 0.717) is 0 Å². The lowest BCUT2D eigenvalue weighted by molar-refractivity contribution is 0.458. The third-order valence-electron chi connectivity index (χ3n) is 2.71. The summed E-state index contributed by atoms with van der Waals surface area (Å²) in [7, 11) is 0.